The molecule has 0 atom stereocenters. The van der Waals surface area contributed by atoms with Gasteiger partial charge in [0.15, 0.2) is 6.61 Å². The molecule has 0 aliphatic heterocycles. The van der Waals surface area contributed by atoms with Crippen molar-refractivity contribution < 1.29 is 9.15 Å². The van der Waals surface area contributed by atoms with E-state index in [1.54, 1.807) is 12.1 Å². The summed E-state index contributed by atoms with van der Waals surface area (Å²) in [5, 5.41) is 8.74. The van der Waals surface area contributed by atoms with Gasteiger partial charge in [0.2, 0.25) is 5.89 Å². The van der Waals surface area contributed by atoms with Crippen molar-refractivity contribution >= 4 is 11.6 Å². The zero-order valence-electron chi connectivity index (χ0n) is 13.0. The van der Waals surface area contributed by atoms with E-state index in [1.807, 2.05) is 30.3 Å². The number of nitrogens with zero attached hydrogens (tertiary/aromatic N) is 2. The molecule has 1 heterocycles. The van der Waals surface area contributed by atoms with Crippen LogP contribution in [0.3, 0.4) is 0 Å². The van der Waals surface area contributed by atoms with E-state index in [9.17, 15) is 0 Å². The highest BCUT2D eigenvalue weighted by Crippen LogP contribution is 2.27. The minimum absolute atomic E-state index is 0.240. The van der Waals surface area contributed by atoms with Crippen LogP contribution in [0.25, 0.3) is 11.5 Å². The van der Waals surface area contributed by atoms with Gasteiger partial charge in [-0.25, -0.2) is 0 Å². The SMILES string of the molecule is CC(C)c1ccccc1OCc1nnc(-c2ccc(Cl)cc2)o1. The molecule has 1 aromatic heterocycles. The second-order valence-corrected chi connectivity index (χ2v) is 5.93. The summed E-state index contributed by atoms with van der Waals surface area (Å²) in [7, 11) is 0. The monoisotopic (exact) mass is 328 g/mol. The molecule has 0 aliphatic rings. The summed E-state index contributed by atoms with van der Waals surface area (Å²) in [5.41, 5.74) is 1.99. The number of hydrogen-bond acceptors (Lipinski definition) is 4. The third kappa shape index (κ3) is 3.71. The molecule has 118 valence electrons. The Labute approximate surface area is 140 Å². The molecule has 0 aliphatic carbocycles. The Kier molecular flexibility index (Phi) is 4.63. The van der Waals surface area contributed by atoms with Crippen LogP contribution in [0.5, 0.6) is 5.75 Å². The maximum absolute atomic E-state index is 5.88. The molecule has 0 bridgehead atoms. The van der Waals surface area contributed by atoms with E-state index >= 15 is 0 Å². The zero-order chi connectivity index (χ0) is 16.2. The highest BCUT2D eigenvalue weighted by Gasteiger charge is 2.11. The Balaban J connectivity index is 1.72. The van der Waals surface area contributed by atoms with Crippen LogP contribution < -0.4 is 4.74 Å². The molecule has 0 unspecified atom stereocenters. The number of aromatic nitrogens is 2. The first-order valence-electron chi connectivity index (χ1n) is 7.43. The minimum Gasteiger partial charge on any atom is -0.484 e. The minimum atomic E-state index is 0.240. The lowest BCUT2D eigenvalue weighted by molar-refractivity contribution is 0.261. The van der Waals surface area contributed by atoms with Gasteiger partial charge >= 0.3 is 0 Å². The van der Waals surface area contributed by atoms with Gasteiger partial charge in [0.05, 0.1) is 0 Å². The number of halogens is 1. The first-order chi connectivity index (χ1) is 11.1. The normalized spacial score (nSPS) is 11.0. The Morgan fingerprint density at radius 1 is 1.04 bits per heavy atom. The largest absolute Gasteiger partial charge is 0.484 e. The predicted octanol–water partition coefficient (Wildman–Crippen LogP) is 5.09. The average molecular weight is 329 g/mol. The third-order valence-electron chi connectivity index (χ3n) is 3.45. The maximum Gasteiger partial charge on any atom is 0.254 e. The van der Waals surface area contributed by atoms with E-state index in [0.29, 0.717) is 22.7 Å². The van der Waals surface area contributed by atoms with Crippen LogP contribution in [0, 0.1) is 0 Å². The van der Waals surface area contributed by atoms with Crippen molar-refractivity contribution in [1.82, 2.24) is 10.2 Å². The highest BCUT2D eigenvalue weighted by molar-refractivity contribution is 6.30. The Bertz CT molecular complexity index is 782. The molecule has 0 saturated heterocycles. The molecule has 23 heavy (non-hydrogen) atoms. The number of hydrogen-bond donors (Lipinski definition) is 0. The fourth-order valence-electron chi connectivity index (χ4n) is 2.25. The van der Waals surface area contributed by atoms with Crippen LogP contribution >= 0.6 is 11.6 Å². The van der Waals surface area contributed by atoms with Gasteiger partial charge in [-0.2, -0.15) is 0 Å². The number of benzene rings is 2. The molecule has 0 saturated carbocycles. The Morgan fingerprint density at radius 2 is 1.78 bits per heavy atom. The van der Waals surface area contributed by atoms with Crippen LogP contribution in [0.15, 0.2) is 52.9 Å². The van der Waals surface area contributed by atoms with Gasteiger partial charge in [0, 0.05) is 10.6 Å². The van der Waals surface area contributed by atoms with E-state index in [0.717, 1.165) is 16.9 Å². The van der Waals surface area contributed by atoms with Crippen molar-refractivity contribution in [3.05, 3.63) is 65.0 Å². The quantitative estimate of drug-likeness (QED) is 0.654. The molecule has 0 amide bonds. The molecule has 3 rings (SSSR count). The summed E-state index contributed by atoms with van der Waals surface area (Å²) in [6, 6.07) is 15.2. The van der Waals surface area contributed by atoms with E-state index in [4.69, 9.17) is 20.8 Å². The smallest absolute Gasteiger partial charge is 0.254 e. The van der Waals surface area contributed by atoms with Crippen molar-refractivity contribution in [2.24, 2.45) is 0 Å². The van der Waals surface area contributed by atoms with Gasteiger partial charge in [-0.1, -0.05) is 43.6 Å². The van der Waals surface area contributed by atoms with E-state index < -0.39 is 0 Å². The molecule has 0 N–H and O–H groups in total. The molecule has 4 nitrogen and oxygen atoms in total. The van der Waals surface area contributed by atoms with Crippen molar-refractivity contribution in [1.29, 1.82) is 0 Å². The summed E-state index contributed by atoms with van der Waals surface area (Å²) in [6.45, 7) is 4.51. The van der Waals surface area contributed by atoms with Crippen molar-refractivity contribution in [2.45, 2.75) is 26.4 Å². The van der Waals surface area contributed by atoms with Crippen molar-refractivity contribution in [3.8, 4) is 17.2 Å². The van der Waals surface area contributed by atoms with Gasteiger partial charge in [-0.05, 0) is 41.8 Å². The second kappa shape index (κ2) is 6.84. The number of para-hydroxylation sites is 1. The molecule has 0 radical (unpaired) electrons. The average Bonchev–Trinajstić information content (AvgIpc) is 3.03. The van der Waals surface area contributed by atoms with Crippen LogP contribution in [0.1, 0.15) is 31.2 Å². The lowest BCUT2D eigenvalue weighted by Gasteiger charge is -2.12. The summed E-state index contributed by atoms with van der Waals surface area (Å²) < 4.78 is 11.5. The lowest BCUT2D eigenvalue weighted by Crippen LogP contribution is -1.99. The van der Waals surface area contributed by atoms with Crippen molar-refractivity contribution in [3.63, 3.8) is 0 Å². The van der Waals surface area contributed by atoms with Gasteiger partial charge in [-0.15, -0.1) is 10.2 Å². The zero-order valence-corrected chi connectivity index (χ0v) is 13.7. The fraction of sp³-hybridized carbons (Fsp3) is 0.222. The third-order valence-corrected chi connectivity index (χ3v) is 3.70. The number of ether oxygens (including phenoxy) is 1. The van der Waals surface area contributed by atoms with Gasteiger partial charge in [0.25, 0.3) is 5.89 Å². The van der Waals surface area contributed by atoms with E-state index in [2.05, 4.69) is 30.1 Å². The van der Waals surface area contributed by atoms with Crippen molar-refractivity contribution in [2.75, 3.05) is 0 Å². The molecule has 2 aromatic carbocycles. The molecule has 5 heteroatoms. The highest BCUT2D eigenvalue weighted by atomic mass is 35.5. The van der Waals surface area contributed by atoms with Gasteiger partial charge in [-0.3, -0.25) is 0 Å². The van der Waals surface area contributed by atoms with Gasteiger partial charge in [0.1, 0.15) is 5.75 Å². The molecule has 0 spiro atoms. The Hall–Kier alpha value is -2.33. The van der Waals surface area contributed by atoms with E-state index in [1.165, 1.54) is 0 Å². The summed E-state index contributed by atoms with van der Waals surface area (Å²) in [5.74, 6) is 2.12. The van der Waals surface area contributed by atoms with Crippen LogP contribution in [-0.2, 0) is 6.61 Å². The van der Waals surface area contributed by atoms with Crippen LogP contribution in [0.2, 0.25) is 5.02 Å². The van der Waals surface area contributed by atoms with E-state index in [-0.39, 0.29) is 6.61 Å². The molecule has 0 fully saturated rings. The topological polar surface area (TPSA) is 48.2 Å². The van der Waals surface area contributed by atoms with Crippen LogP contribution in [-0.4, -0.2) is 10.2 Å². The first kappa shape index (κ1) is 15.6. The summed E-state index contributed by atoms with van der Waals surface area (Å²) in [4.78, 5) is 0. The molecular formula is C18H17ClN2O2. The fourth-order valence-corrected chi connectivity index (χ4v) is 2.38. The molecule has 3 aromatic rings. The Morgan fingerprint density at radius 3 is 2.52 bits per heavy atom. The van der Waals surface area contributed by atoms with Crippen LogP contribution in [0.4, 0.5) is 0 Å². The second-order valence-electron chi connectivity index (χ2n) is 5.49. The number of rotatable bonds is 5. The molecular weight excluding hydrogens is 312 g/mol. The first-order valence-corrected chi connectivity index (χ1v) is 7.81. The lowest BCUT2D eigenvalue weighted by atomic mass is 10.0. The predicted molar refractivity (Wildman–Crippen MR) is 89.6 cm³/mol. The maximum atomic E-state index is 5.88. The van der Waals surface area contributed by atoms with Gasteiger partial charge < -0.3 is 9.15 Å². The summed E-state index contributed by atoms with van der Waals surface area (Å²) >= 11 is 5.88. The standard InChI is InChI=1S/C18H17ClN2O2/c1-12(2)15-5-3-4-6-16(15)22-11-17-20-21-18(23-17)13-7-9-14(19)10-8-13/h3-10,12H,11H2,1-2H3. The summed E-state index contributed by atoms with van der Waals surface area (Å²) in [6.07, 6.45) is 0.